The van der Waals surface area contributed by atoms with Crippen LogP contribution in [0.25, 0.3) is 0 Å². The maximum atomic E-state index is 13.2. The first kappa shape index (κ1) is 10.9. The molecule has 0 atom stereocenters. The zero-order valence-corrected chi connectivity index (χ0v) is 9.41. The third-order valence-corrected chi connectivity index (χ3v) is 3.22. The molecule has 0 aliphatic carbocycles. The Labute approximate surface area is 95.3 Å². The summed E-state index contributed by atoms with van der Waals surface area (Å²) in [6.45, 7) is 4.25. The molecule has 1 aliphatic heterocycles. The third kappa shape index (κ3) is 2.16. The lowest BCUT2D eigenvalue weighted by atomic mass is 9.98. The molecule has 1 aromatic rings. The normalized spacial score (nSPS) is 17.2. The van der Waals surface area contributed by atoms with Gasteiger partial charge in [-0.3, -0.25) is 0 Å². The molecular formula is C13H15FN2. The highest BCUT2D eigenvalue weighted by molar-refractivity contribution is 5.52. The number of piperidine rings is 1. The van der Waals surface area contributed by atoms with Crippen molar-refractivity contribution in [2.45, 2.75) is 19.8 Å². The zero-order valence-electron chi connectivity index (χ0n) is 9.41. The van der Waals surface area contributed by atoms with E-state index < -0.39 is 5.82 Å². The molecule has 0 aromatic heterocycles. The van der Waals surface area contributed by atoms with Crippen LogP contribution in [0.5, 0.6) is 0 Å². The fraction of sp³-hybridized carbons (Fsp3) is 0.462. The van der Waals surface area contributed by atoms with Gasteiger partial charge in [-0.05, 0) is 37.0 Å². The third-order valence-electron chi connectivity index (χ3n) is 3.22. The van der Waals surface area contributed by atoms with Crippen LogP contribution in [0, 0.1) is 23.1 Å². The van der Waals surface area contributed by atoms with E-state index in [1.807, 2.05) is 6.07 Å². The van der Waals surface area contributed by atoms with E-state index in [1.54, 1.807) is 12.1 Å². The minimum atomic E-state index is -0.434. The Morgan fingerprint density at radius 2 is 2.06 bits per heavy atom. The molecule has 1 aromatic carbocycles. The second-order valence-electron chi connectivity index (χ2n) is 4.45. The Morgan fingerprint density at radius 3 is 2.69 bits per heavy atom. The van der Waals surface area contributed by atoms with E-state index in [0.29, 0.717) is 0 Å². The zero-order chi connectivity index (χ0) is 11.5. The highest BCUT2D eigenvalue weighted by Gasteiger charge is 2.16. The van der Waals surface area contributed by atoms with Crippen molar-refractivity contribution in [2.24, 2.45) is 5.92 Å². The number of rotatable bonds is 1. The molecule has 84 valence electrons. The van der Waals surface area contributed by atoms with Crippen LogP contribution in [0.2, 0.25) is 0 Å². The van der Waals surface area contributed by atoms with Crippen molar-refractivity contribution in [1.82, 2.24) is 0 Å². The Balaban J connectivity index is 2.18. The summed E-state index contributed by atoms with van der Waals surface area (Å²) in [4.78, 5) is 2.22. The highest BCUT2D eigenvalue weighted by Crippen LogP contribution is 2.24. The second-order valence-corrected chi connectivity index (χ2v) is 4.45. The minimum Gasteiger partial charge on any atom is -0.371 e. The van der Waals surface area contributed by atoms with E-state index in [9.17, 15) is 4.39 Å². The number of nitriles is 1. The Hall–Kier alpha value is -1.56. The molecule has 1 heterocycles. The molecule has 0 spiro atoms. The van der Waals surface area contributed by atoms with Crippen molar-refractivity contribution in [2.75, 3.05) is 18.0 Å². The van der Waals surface area contributed by atoms with E-state index in [4.69, 9.17) is 5.26 Å². The SMILES string of the molecule is CC1CCN(c2ccc(F)c(C#N)c2)CC1. The predicted molar refractivity (Wildman–Crippen MR) is 61.7 cm³/mol. The summed E-state index contributed by atoms with van der Waals surface area (Å²) >= 11 is 0. The summed E-state index contributed by atoms with van der Waals surface area (Å²) in [7, 11) is 0. The van der Waals surface area contributed by atoms with Crippen molar-refractivity contribution in [3.05, 3.63) is 29.6 Å². The molecule has 0 bridgehead atoms. The molecule has 16 heavy (non-hydrogen) atoms. The summed E-state index contributed by atoms with van der Waals surface area (Å²) in [5.74, 6) is 0.337. The number of benzene rings is 1. The first-order valence-corrected chi connectivity index (χ1v) is 5.65. The van der Waals surface area contributed by atoms with E-state index in [-0.39, 0.29) is 5.56 Å². The van der Waals surface area contributed by atoms with Crippen LogP contribution in [0.4, 0.5) is 10.1 Å². The van der Waals surface area contributed by atoms with Gasteiger partial charge in [0.2, 0.25) is 0 Å². The standard InChI is InChI=1S/C13H15FN2/c1-10-4-6-16(7-5-10)12-2-3-13(14)11(8-12)9-15/h2-3,8,10H,4-7H2,1H3. The highest BCUT2D eigenvalue weighted by atomic mass is 19.1. The number of hydrogen-bond donors (Lipinski definition) is 0. The van der Waals surface area contributed by atoms with Crippen molar-refractivity contribution < 1.29 is 4.39 Å². The van der Waals surface area contributed by atoms with Gasteiger partial charge < -0.3 is 4.90 Å². The lowest BCUT2D eigenvalue weighted by Gasteiger charge is -2.32. The molecule has 1 saturated heterocycles. The van der Waals surface area contributed by atoms with Crippen LogP contribution < -0.4 is 4.90 Å². The van der Waals surface area contributed by atoms with E-state index >= 15 is 0 Å². The largest absolute Gasteiger partial charge is 0.371 e. The van der Waals surface area contributed by atoms with Crippen molar-refractivity contribution in [3.63, 3.8) is 0 Å². The lowest BCUT2D eigenvalue weighted by molar-refractivity contribution is 0.438. The van der Waals surface area contributed by atoms with E-state index in [2.05, 4.69) is 11.8 Å². The molecule has 0 saturated carbocycles. The molecule has 2 rings (SSSR count). The Morgan fingerprint density at radius 1 is 1.38 bits per heavy atom. The van der Waals surface area contributed by atoms with Crippen LogP contribution >= 0.6 is 0 Å². The van der Waals surface area contributed by atoms with Gasteiger partial charge in [-0.1, -0.05) is 6.92 Å². The monoisotopic (exact) mass is 218 g/mol. The predicted octanol–water partition coefficient (Wildman–Crippen LogP) is 2.93. The minimum absolute atomic E-state index is 0.135. The number of halogens is 1. The topological polar surface area (TPSA) is 27.0 Å². The average molecular weight is 218 g/mol. The Bertz CT molecular complexity index is 414. The van der Waals surface area contributed by atoms with E-state index in [0.717, 1.165) is 24.7 Å². The summed E-state index contributed by atoms with van der Waals surface area (Å²) in [5, 5.41) is 8.77. The summed E-state index contributed by atoms with van der Waals surface area (Å²) in [6, 6.07) is 6.66. The van der Waals surface area contributed by atoms with Crippen molar-refractivity contribution in [1.29, 1.82) is 5.26 Å². The Kier molecular flexibility index (Phi) is 3.09. The lowest BCUT2D eigenvalue weighted by Crippen LogP contribution is -2.32. The van der Waals surface area contributed by atoms with Crippen LogP contribution in [-0.2, 0) is 0 Å². The molecule has 3 heteroatoms. The molecule has 0 amide bonds. The van der Waals surface area contributed by atoms with Crippen molar-refractivity contribution >= 4 is 5.69 Å². The van der Waals surface area contributed by atoms with E-state index in [1.165, 1.54) is 18.9 Å². The van der Waals surface area contributed by atoms with Gasteiger partial charge in [0, 0.05) is 18.8 Å². The van der Waals surface area contributed by atoms with Gasteiger partial charge in [-0.25, -0.2) is 4.39 Å². The van der Waals surface area contributed by atoms with Gasteiger partial charge in [-0.2, -0.15) is 5.26 Å². The van der Waals surface area contributed by atoms with Crippen molar-refractivity contribution in [3.8, 4) is 6.07 Å². The van der Waals surface area contributed by atoms with Gasteiger partial charge in [-0.15, -0.1) is 0 Å². The molecule has 1 aliphatic rings. The summed E-state index contributed by atoms with van der Waals surface area (Å²) < 4.78 is 13.2. The van der Waals surface area contributed by atoms with Gasteiger partial charge in [0.15, 0.2) is 0 Å². The molecule has 0 radical (unpaired) electrons. The summed E-state index contributed by atoms with van der Waals surface area (Å²) in [6.07, 6.45) is 2.33. The fourth-order valence-corrected chi connectivity index (χ4v) is 2.06. The maximum absolute atomic E-state index is 13.2. The fourth-order valence-electron chi connectivity index (χ4n) is 2.06. The number of hydrogen-bond acceptors (Lipinski definition) is 2. The van der Waals surface area contributed by atoms with Crippen LogP contribution in [0.15, 0.2) is 18.2 Å². The molecule has 0 N–H and O–H groups in total. The quantitative estimate of drug-likeness (QED) is 0.724. The summed E-state index contributed by atoms with van der Waals surface area (Å²) in [5.41, 5.74) is 1.10. The first-order valence-electron chi connectivity index (χ1n) is 5.65. The average Bonchev–Trinajstić information content (AvgIpc) is 2.31. The maximum Gasteiger partial charge on any atom is 0.141 e. The first-order chi connectivity index (χ1) is 7.70. The van der Waals surface area contributed by atoms with Gasteiger partial charge >= 0.3 is 0 Å². The smallest absolute Gasteiger partial charge is 0.141 e. The van der Waals surface area contributed by atoms with Gasteiger partial charge in [0.25, 0.3) is 0 Å². The molecule has 1 fully saturated rings. The van der Waals surface area contributed by atoms with Crippen LogP contribution in [-0.4, -0.2) is 13.1 Å². The number of nitrogens with zero attached hydrogens (tertiary/aromatic N) is 2. The number of anilines is 1. The second kappa shape index (κ2) is 4.52. The van der Waals surface area contributed by atoms with Gasteiger partial charge in [0.05, 0.1) is 5.56 Å². The molecule has 0 unspecified atom stereocenters. The van der Waals surface area contributed by atoms with Gasteiger partial charge in [0.1, 0.15) is 11.9 Å². The molecular weight excluding hydrogens is 203 g/mol. The van der Waals surface area contributed by atoms with Crippen LogP contribution in [0.1, 0.15) is 25.3 Å². The van der Waals surface area contributed by atoms with Crippen LogP contribution in [0.3, 0.4) is 0 Å². The molecule has 2 nitrogen and oxygen atoms in total.